The van der Waals surface area contributed by atoms with Crippen LogP contribution in [0.1, 0.15) is 26.7 Å². The maximum atomic E-state index is 12.2. The molecule has 120 valence electrons. The number of H-pyrrole nitrogens is 1. The molecule has 0 aliphatic rings. The van der Waals surface area contributed by atoms with E-state index in [0.29, 0.717) is 22.7 Å². The Morgan fingerprint density at radius 2 is 2.18 bits per heavy atom. The molecule has 0 aliphatic heterocycles. The molecule has 0 amide bonds. The standard InChI is InChI=1S/C14H19ClN4O2S/c1-4-5-8-22-14-16-11-10(19(14)7-6-9(2)15)12(20)17-13(21)18(11)3/h6H,4-5,7-8H2,1-3H3,(H,17,20,21)/b9-6+. The molecule has 0 saturated heterocycles. The van der Waals surface area contributed by atoms with Gasteiger partial charge in [-0.2, -0.15) is 0 Å². The average molecular weight is 343 g/mol. The van der Waals surface area contributed by atoms with Crippen molar-refractivity contribution >= 4 is 34.5 Å². The fraction of sp³-hybridized carbons (Fsp3) is 0.500. The Balaban J connectivity index is 2.61. The van der Waals surface area contributed by atoms with Crippen molar-refractivity contribution in [2.24, 2.45) is 7.05 Å². The summed E-state index contributed by atoms with van der Waals surface area (Å²) in [6.07, 6.45) is 3.97. The molecule has 0 unspecified atom stereocenters. The molecule has 0 bridgehead atoms. The van der Waals surface area contributed by atoms with E-state index in [4.69, 9.17) is 11.6 Å². The zero-order valence-corrected chi connectivity index (χ0v) is 14.4. The van der Waals surface area contributed by atoms with E-state index in [2.05, 4.69) is 16.9 Å². The van der Waals surface area contributed by atoms with Crippen molar-refractivity contribution in [2.45, 2.75) is 38.4 Å². The first-order valence-corrected chi connectivity index (χ1v) is 8.46. The molecule has 0 spiro atoms. The Kier molecular flexibility index (Phi) is 5.52. The molecule has 2 rings (SSSR count). The molecule has 2 heterocycles. The number of nitrogens with zero attached hydrogens (tertiary/aromatic N) is 3. The van der Waals surface area contributed by atoms with Gasteiger partial charge in [-0.3, -0.25) is 14.3 Å². The molecule has 1 N–H and O–H groups in total. The van der Waals surface area contributed by atoms with Crippen LogP contribution in [-0.4, -0.2) is 24.9 Å². The van der Waals surface area contributed by atoms with Crippen LogP contribution in [0.5, 0.6) is 0 Å². The third-order valence-corrected chi connectivity index (χ3v) is 4.47. The zero-order chi connectivity index (χ0) is 16.3. The van der Waals surface area contributed by atoms with Crippen molar-refractivity contribution in [3.63, 3.8) is 0 Å². The minimum Gasteiger partial charge on any atom is -0.309 e. The van der Waals surface area contributed by atoms with Crippen LogP contribution in [0.2, 0.25) is 0 Å². The molecule has 0 saturated carbocycles. The molecule has 0 aromatic carbocycles. The summed E-state index contributed by atoms with van der Waals surface area (Å²) in [5.74, 6) is 0.912. The topological polar surface area (TPSA) is 72.7 Å². The summed E-state index contributed by atoms with van der Waals surface area (Å²) in [6.45, 7) is 4.35. The van der Waals surface area contributed by atoms with Gasteiger partial charge >= 0.3 is 5.69 Å². The van der Waals surface area contributed by atoms with Gasteiger partial charge in [-0.05, 0) is 13.3 Å². The lowest BCUT2D eigenvalue weighted by Crippen LogP contribution is -2.29. The normalized spacial score (nSPS) is 12.3. The second kappa shape index (κ2) is 7.19. The predicted molar refractivity (Wildman–Crippen MR) is 90.8 cm³/mol. The van der Waals surface area contributed by atoms with Gasteiger partial charge in [0.05, 0.1) is 0 Å². The molecule has 0 radical (unpaired) electrons. The van der Waals surface area contributed by atoms with Gasteiger partial charge in [-0.1, -0.05) is 42.8 Å². The molecule has 0 aliphatic carbocycles. The number of nitrogens with one attached hydrogen (secondary N) is 1. The Labute approximate surface area is 137 Å². The zero-order valence-electron chi connectivity index (χ0n) is 12.9. The number of aromatic amines is 1. The lowest BCUT2D eigenvalue weighted by molar-refractivity contribution is 0.741. The van der Waals surface area contributed by atoms with Crippen molar-refractivity contribution in [1.82, 2.24) is 19.1 Å². The first-order valence-electron chi connectivity index (χ1n) is 7.10. The number of aromatic nitrogens is 4. The highest BCUT2D eigenvalue weighted by Gasteiger charge is 2.16. The first-order chi connectivity index (χ1) is 10.5. The second-order valence-corrected chi connectivity index (χ2v) is 6.65. The Morgan fingerprint density at radius 3 is 2.82 bits per heavy atom. The van der Waals surface area contributed by atoms with Crippen LogP contribution in [0.25, 0.3) is 11.2 Å². The van der Waals surface area contributed by atoms with E-state index in [1.807, 2.05) is 6.08 Å². The smallest absolute Gasteiger partial charge is 0.309 e. The Bertz CT molecular complexity index is 815. The molecule has 22 heavy (non-hydrogen) atoms. The fourth-order valence-corrected chi connectivity index (χ4v) is 3.18. The maximum Gasteiger partial charge on any atom is 0.329 e. The number of rotatable bonds is 6. The van der Waals surface area contributed by atoms with Crippen LogP contribution in [-0.2, 0) is 13.6 Å². The number of halogens is 1. The van der Waals surface area contributed by atoms with Crippen LogP contribution >= 0.6 is 23.4 Å². The van der Waals surface area contributed by atoms with Gasteiger partial charge in [-0.25, -0.2) is 9.78 Å². The summed E-state index contributed by atoms with van der Waals surface area (Å²) in [6, 6.07) is 0. The van der Waals surface area contributed by atoms with E-state index < -0.39 is 11.2 Å². The van der Waals surface area contributed by atoms with Gasteiger partial charge in [0.2, 0.25) is 0 Å². The lowest BCUT2D eigenvalue weighted by Gasteiger charge is -2.05. The van der Waals surface area contributed by atoms with Gasteiger partial charge in [0, 0.05) is 24.4 Å². The van der Waals surface area contributed by atoms with Gasteiger partial charge < -0.3 is 4.57 Å². The van der Waals surface area contributed by atoms with Gasteiger partial charge in [0.15, 0.2) is 16.3 Å². The molecule has 6 nitrogen and oxygen atoms in total. The number of hydrogen-bond donors (Lipinski definition) is 1. The predicted octanol–water partition coefficient (Wildman–Crippen LogP) is 2.46. The Morgan fingerprint density at radius 1 is 1.45 bits per heavy atom. The van der Waals surface area contributed by atoms with Gasteiger partial charge in [0.1, 0.15) is 0 Å². The summed E-state index contributed by atoms with van der Waals surface area (Å²) in [7, 11) is 1.60. The lowest BCUT2D eigenvalue weighted by atomic mass is 10.4. The molecule has 2 aromatic heterocycles. The van der Waals surface area contributed by atoms with Crippen molar-refractivity contribution in [2.75, 3.05) is 5.75 Å². The number of imidazole rings is 1. The summed E-state index contributed by atoms with van der Waals surface area (Å²) in [5, 5.41) is 1.37. The van der Waals surface area contributed by atoms with E-state index in [-0.39, 0.29) is 0 Å². The van der Waals surface area contributed by atoms with Crippen LogP contribution in [0.4, 0.5) is 0 Å². The Hall–Kier alpha value is -1.47. The number of thioether (sulfide) groups is 1. The molecule has 0 fully saturated rings. The average Bonchev–Trinajstić information content (AvgIpc) is 2.82. The highest BCUT2D eigenvalue weighted by atomic mass is 35.5. The van der Waals surface area contributed by atoms with E-state index in [1.54, 1.807) is 30.3 Å². The number of aryl methyl sites for hydroxylation is 1. The van der Waals surface area contributed by atoms with Crippen LogP contribution in [0.15, 0.2) is 25.9 Å². The third-order valence-electron chi connectivity index (χ3n) is 3.26. The quantitative estimate of drug-likeness (QED) is 0.646. The number of allylic oxidation sites excluding steroid dienone is 2. The first kappa shape index (κ1) is 16.9. The van der Waals surface area contributed by atoms with Crippen LogP contribution in [0, 0.1) is 0 Å². The number of unbranched alkanes of at least 4 members (excludes halogenated alkanes) is 1. The number of hydrogen-bond acceptors (Lipinski definition) is 4. The minimum absolute atomic E-state index is 0.397. The van der Waals surface area contributed by atoms with E-state index in [9.17, 15) is 9.59 Å². The van der Waals surface area contributed by atoms with Crippen molar-refractivity contribution in [3.05, 3.63) is 31.9 Å². The molecular weight excluding hydrogens is 324 g/mol. The largest absolute Gasteiger partial charge is 0.329 e. The number of fused-ring (bicyclic) bond motifs is 1. The summed E-state index contributed by atoms with van der Waals surface area (Å²) in [5.41, 5.74) is -0.0893. The summed E-state index contributed by atoms with van der Waals surface area (Å²) in [4.78, 5) is 30.7. The highest BCUT2D eigenvalue weighted by Crippen LogP contribution is 2.22. The van der Waals surface area contributed by atoms with E-state index in [0.717, 1.165) is 23.8 Å². The molecular formula is C14H19ClN4O2S. The van der Waals surface area contributed by atoms with E-state index in [1.165, 1.54) is 4.57 Å². The monoisotopic (exact) mass is 342 g/mol. The van der Waals surface area contributed by atoms with E-state index >= 15 is 0 Å². The highest BCUT2D eigenvalue weighted by molar-refractivity contribution is 7.99. The minimum atomic E-state index is -0.462. The van der Waals surface area contributed by atoms with Crippen LogP contribution < -0.4 is 11.2 Å². The summed E-state index contributed by atoms with van der Waals surface area (Å²) >= 11 is 7.48. The van der Waals surface area contributed by atoms with Crippen LogP contribution in [0.3, 0.4) is 0 Å². The summed E-state index contributed by atoms with van der Waals surface area (Å²) < 4.78 is 3.16. The maximum absolute atomic E-state index is 12.2. The van der Waals surface area contributed by atoms with Crippen molar-refractivity contribution in [1.29, 1.82) is 0 Å². The molecule has 0 atom stereocenters. The fourth-order valence-electron chi connectivity index (χ4n) is 2.02. The third kappa shape index (κ3) is 3.47. The van der Waals surface area contributed by atoms with Gasteiger partial charge in [0.25, 0.3) is 5.56 Å². The van der Waals surface area contributed by atoms with Crippen molar-refractivity contribution in [3.8, 4) is 0 Å². The second-order valence-electron chi connectivity index (χ2n) is 4.99. The molecule has 8 heteroatoms. The SMILES string of the molecule is CCCCSc1nc2c(c(=O)[nH]c(=O)n2C)n1C/C=C(\C)Cl. The van der Waals surface area contributed by atoms with Crippen molar-refractivity contribution < 1.29 is 0 Å². The van der Waals surface area contributed by atoms with Gasteiger partial charge in [-0.15, -0.1) is 0 Å². The molecule has 2 aromatic rings.